The summed E-state index contributed by atoms with van der Waals surface area (Å²) in [5.74, 6) is -1.32. The van der Waals surface area contributed by atoms with E-state index in [1.165, 1.54) is 0 Å². The smallest absolute Gasteiger partial charge is 0.138 e. The van der Waals surface area contributed by atoms with Gasteiger partial charge in [0.1, 0.15) is 5.78 Å². The molecule has 0 aromatic heterocycles. The minimum absolute atomic E-state index is 0.0139. The van der Waals surface area contributed by atoms with Crippen LogP contribution in [0.15, 0.2) is 24.3 Å². The molecule has 0 radical (unpaired) electrons. The lowest BCUT2D eigenvalue weighted by Gasteiger charge is -2.16. The van der Waals surface area contributed by atoms with E-state index in [0.29, 0.717) is 10.6 Å². The molecule has 0 atom stereocenters. The summed E-state index contributed by atoms with van der Waals surface area (Å²) >= 11 is 5.74. The molecule has 2 heteroatoms. The quantitative estimate of drug-likeness (QED) is 0.774. The Morgan fingerprint density at radius 3 is 2.47 bits per heavy atom. The van der Waals surface area contributed by atoms with Crippen LogP contribution in [0.1, 0.15) is 44.9 Å². The lowest BCUT2D eigenvalue weighted by molar-refractivity contribution is -0.126. The van der Waals surface area contributed by atoms with Crippen LogP contribution in [0.5, 0.6) is 0 Å². The number of benzene rings is 1. The first-order valence-electron chi connectivity index (χ1n) is 8.92. The van der Waals surface area contributed by atoms with Crippen LogP contribution in [-0.2, 0) is 11.2 Å². The van der Waals surface area contributed by atoms with Gasteiger partial charge in [0, 0.05) is 29.2 Å². The van der Waals surface area contributed by atoms with Crippen molar-refractivity contribution in [2.75, 3.05) is 0 Å². The molecule has 0 heterocycles. The van der Waals surface area contributed by atoms with E-state index in [4.69, 9.17) is 23.9 Å². The van der Waals surface area contributed by atoms with Crippen LogP contribution in [-0.4, -0.2) is 5.78 Å². The third kappa shape index (κ3) is 4.05. The minimum Gasteiger partial charge on any atom is -0.299 e. The average Bonchev–Trinajstić information content (AvgIpc) is 2.33. The van der Waals surface area contributed by atoms with Crippen molar-refractivity contribution in [1.82, 2.24) is 0 Å². The molecule has 1 rings (SSSR count). The van der Waals surface area contributed by atoms with Crippen molar-refractivity contribution in [2.45, 2.75) is 33.4 Å². The van der Waals surface area contributed by atoms with Crippen molar-refractivity contribution in [3.8, 4) is 0 Å². The average molecular weight is 234 g/mol. The van der Waals surface area contributed by atoms with E-state index in [-0.39, 0.29) is 6.42 Å². The highest BCUT2D eigenvalue weighted by molar-refractivity contribution is 6.30. The lowest BCUT2D eigenvalue weighted by atomic mass is 9.87. The minimum atomic E-state index is -3.50. The van der Waals surface area contributed by atoms with Crippen LogP contribution in [0.4, 0.5) is 0 Å². The molecule has 0 unspecified atom stereocenters. The van der Waals surface area contributed by atoms with Gasteiger partial charge in [0.15, 0.2) is 0 Å². The molecule has 0 saturated heterocycles. The van der Waals surface area contributed by atoms with Crippen LogP contribution in [0.2, 0.25) is 5.02 Å². The van der Waals surface area contributed by atoms with Gasteiger partial charge in [0.05, 0.1) is 0 Å². The van der Waals surface area contributed by atoms with Gasteiger partial charge in [-0.25, -0.2) is 0 Å². The van der Waals surface area contributed by atoms with E-state index in [0.717, 1.165) is 0 Å². The molecule has 0 N–H and O–H groups in total. The zero-order valence-electron chi connectivity index (χ0n) is 17.0. The van der Waals surface area contributed by atoms with E-state index >= 15 is 0 Å². The fourth-order valence-corrected chi connectivity index (χ4v) is 1.22. The molecule has 0 fully saturated rings. The van der Waals surface area contributed by atoms with Crippen molar-refractivity contribution >= 4 is 17.4 Å². The molecule has 0 aliphatic rings. The number of carbonyl (C=O) groups excluding carboxylic acids is 1. The fourth-order valence-electron chi connectivity index (χ4n) is 1.10. The number of hydrogen-bond donors (Lipinski definition) is 0. The molecule has 15 heavy (non-hydrogen) atoms. The molecule has 1 nitrogen and oxygen atoms in total. The molecular weight excluding hydrogens is 208 g/mol. The molecule has 0 amide bonds. The molecule has 1 aromatic rings. The first kappa shape index (κ1) is 4.58. The second-order valence-corrected chi connectivity index (χ2v) is 3.74. The lowest BCUT2D eigenvalue weighted by Crippen LogP contribution is -2.20. The van der Waals surface area contributed by atoms with Crippen molar-refractivity contribution < 1.29 is 17.1 Å². The molecule has 1 aromatic carbocycles. The van der Waals surface area contributed by atoms with Gasteiger partial charge in [0.2, 0.25) is 0 Å². The Balaban J connectivity index is 3.24. The van der Waals surface area contributed by atoms with Gasteiger partial charge in [-0.05, 0) is 24.1 Å². The number of hydrogen-bond acceptors (Lipinski definition) is 1. The third-order valence-corrected chi connectivity index (χ3v) is 2.22. The van der Waals surface area contributed by atoms with E-state index in [1.54, 1.807) is 24.3 Å². The first-order valence-corrected chi connectivity index (χ1v) is 4.80. The summed E-state index contributed by atoms with van der Waals surface area (Å²) in [6, 6.07) is 6.31. The van der Waals surface area contributed by atoms with Gasteiger partial charge < -0.3 is 0 Å². The highest BCUT2D eigenvalue weighted by Crippen LogP contribution is 2.18. The number of ketones is 1. The summed E-state index contributed by atoms with van der Waals surface area (Å²) in [5, 5.41) is 0.465. The van der Waals surface area contributed by atoms with Crippen molar-refractivity contribution in [3.63, 3.8) is 0 Å². The van der Waals surface area contributed by atoms with Gasteiger partial charge in [-0.3, -0.25) is 4.79 Å². The third-order valence-electron chi connectivity index (χ3n) is 1.97. The second kappa shape index (κ2) is 4.80. The maximum absolute atomic E-state index is 12.5. The summed E-state index contributed by atoms with van der Waals surface area (Å²) in [6.07, 6.45) is -0.503. The van der Waals surface area contributed by atoms with Crippen LogP contribution >= 0.6 is 11.6 Å². The molecule has 0 aliphatic heterocycles. The summed E-state index contributed by atoms with van der Waals surface area (Å²) in [4.78, 5) is 12.5. The van der Waals surface area contributed by atoms with Crippen LogP contribution in [0.25, 0.3) is 0 Å². The Labute approximate surface area is 109 Å². The Kier molecular flexibility index (Phi) is 1.47. The van der Waals surface area contributed by atoms with Crippen LogP contribution in [0.3, 0.4) is 0 Å². The maximum Gasteiger partial charge on any atom is 0.138 e. The molecule has 0 spiro atoms. The highest BCUT2D eigenvalue weighted by Gasteiger charge is 2.20. The van der Waals surface area contributed by atoms with Crippen molar-refractivity contribution in [2.24, 2.45) is 5.41 Å². The zero-order valence-corrected chi connectivity index (χ0v) is 8.77. The van der Waals surface area contributed by atoms with Gasteiger partial charge in [-0.15, -0.1) is 0 Å². The molecule has 0 bridgehead atoms. The molecule has 82 valence electrons. The van der Waals surface area contributed by atoms with E-state index in [9.17, 15) is 4.79 Å². The van der Waals surface area contributed by atoms with Gasteiger partial charge in [-0.1, -0.05) is 44.3 Å². The number of halogens is 1. The first-order chi connectivity index (χ1) is 10.6. The Hall–Kier alpha value is -0.820. The normalized spacial score (nSPS) is 22.9. The largest absolute Gasteiger partial charge is 0.299 e. The Morgan fingerprint density at radius 1 is 1.33 bits per heavy atom. The van der Waals surface area contributed by atoms with E-state index in [1.807, 2.05) is 0 Å². The number of carbonyl (C=O) groups is 1. The maximum atomic E-state index is 12.5. The van der Waals surface area contributed by atoms with Gasteiger partial charge in [-0.2, -0.15) is 0 Å². The number of Topliss-reactive ketones (excluding diaryl/α,β-unsaturated/α-hetero) is 1. The standard InChI is InChI=1S/C13H17ClO/c1-13(2,3)12(15)9-6-10-4-7-11(14)8-5-10/h4-5,7-8H,6,9H2,1-3H3/i1D3,2D3,3D3. The number of aryl methyl sites for hydroxylation is 1. The zero-order chi connectivity index (χ0) is 19.0. The highest BCUT2D eigenvalue weighted by atomic mass is 35.5. The monoisotopic (exact) mass is 233 g/mol. The molecule has 0 saturated carbocycles. The molecular formula is C13H17ClO. The van der Waals surface area contributed by atoms with E-state index in [2.05, 4.69) is 0 Å². The topological polar surface area (TPSA) is 17.1 Å². The summed E-state index contributed by atoms with van der Waals surface area (Å²) in [5.41, 5.74) is -2.80. The second-order valence-electron chi connectivity index (χ2n) is 3.30. The van der Waals surface area contributed by atoms with Crippen LogP contribution in [0, 0.1) is 5.41 Å². The van der Waals surface area contributed by atoms with Gasteiger partial charge in [0.25, 0.3) is 0 Å². The van der Waals surface area contributed by atoms with Crippen molar-refractivity contribution in [1.29, 1.82) is 0 Å². The van der Waals surface area contributed by atoms with Gasteiger partial charge >= 0.3 is 0 Å². The van der Waals surface area contributed by atoms with Crippen LogP contribution < -0.4 is 0 Å². The van der Waals surface area contributed by atoms with E-state index < -0.39 is 38.2 Å². The molecule has 0 aliphatic carbocycles. The number of rotatable bonds is 3. The summed E-state index contributed by atoms with van der Waals surface area (Å²) in [6.45, 7) is -10.5. The van der Waals surface area contributed by atoms with Crippen molar-refractivity contribution in [3.05, 3.63) is 34.9 Å². The summed E-state index contributed by atoms with van der Waals surface area (Å²) < 4.78 is 67.2. The SMILES string of the molecule is [2H]C([2H])([2H])C(C(=O)CCc1ccc(Cl)cc1)(C([2H])([2H])[2H])C([2H])([2H])[2H]. The predicted octanol–water partition coefficient (Wildman–Crippen LogP) is 3.89. The predicted molar refractivity (Wildman–Crippen MR) is 64.2 cm³/mol. The Morgan fingerprint density at radius 2 is 1.93 bits per heavy atom. The fraction of sp³-hybridized carbons (Fsp3) is 0.462. The Bertz CT molecular complexity index is 547. The summed E-state index contributed by atoms with van der Waals surface area (Å²) in [7, 11) is 0.